The van der Waals surface area contributed by atoms with Gasteiger partial charge in [-0.1, -0.05) is 29.9 Å². The Balaban J connectivity index is 1.48. The zero-order chi connectivity index (χ0) is 19.4. The first-order valence-corrected chi connectivity index (χ1v) is 9.25. The lowest BCUT2D eigenvalue weighted by molar-refractivity contribution is 0.0404. The van der Waals surface area contributed by atoms with Crippen molar-refractivity contribution in [3.63, 3.8) is 0 Å². The van der Waals surface area contributed by atoms with E-state index in [-0.39, 0.29) is 12.0 Å². The summed E-state index contributed by atoms with van der Waals surface area (Å²) >= 11 is 0. The molecule has 0 amide bonds. The van der Waals surface area contributed by atoms with Crippen molar-refractivity contribution in [1.82, 2.24) is 0 Å². The number of aryl methyl sites for hydroxylation is 1. The summed E-state index contributed by atoms with van der Waals surface area (Å²) < 4.78 is 15.9. The average Bonchev–Trinajstić information content (AvgIpc) is 3.47. The van der Waals surface area contributed by atoms with Gasteiger partial charge in [-0.05, 0) is 48.6 Å². The number of hydrogen-bond acceptors (Lipinski definition) is 5. The van der Waals surface area contributed by atoms with Crippen LogP contribution >= 0.6 is 0 Å². The quantitative estimate of drug-likeness (QED) is 0.653. The van der Waals surface area contributed by atoms with Crippen molar-refractivity contribution in [3.8, 4) is 11.5 Å². The van der Waals surface area contributed by atoms with Gasteiger partial charge in [0.15, 0.2) is 11.5 Å². The van der Waals surface area contributed by atoms with Gasteiger partial charge in [0, 0.05) is 13.0 Å². The maximum atomic E-state index is 10.5. The number of rotatable bonds is 9. The highest BCUT2D eigenvalue weighted by Crippen LogP contribution is 2.39. The van der Waals surface area contributed by atoms with Gasteiger partial charge in [0.1, 0.15) is 12.2 Å². The van der Waals surface area contributed by atoms with Gasteiger partial charge in [-0.25, -0.2) is 0 Å². The second-order valence-corrected chi connectivity index (χ2v) is 7.02. The SMILES string of the molecule is COc1ccc(CCC2=CC2C(O)CC2=CC(OC)C(O)C=C2)cc1OC. The first-order chi connectivity index (χ1) is 13.0. The molecule has 1 aromatic carbocycles. The summed E-state index contributed by atoms with van der Waals surface area (Å²) in [5.41, 5.74) is 3.48. The minimum absolute atomic E-state index is 0.146. The maximum absolute atomic E-state index is 10.5. The molecular weight excluding hydrogens is 344 g/mol. The maximum Gasteiger partial charge on any atom is 0.160 e. The Hall–Kier alpha value is -2.08. The van der Waals surface area contributed by atoms with Crippen LogP contribution in [0.15, 0.2) is 53.6 Å². The summed E-state index contributed by atoms with van der Waals surface area (Å²) in [6, 6.07) is 5.97. The van der Waals surface area contributed by atoms with Crippen molar-refractivity contribution < 1.29 is 24.4 Å². The molecule has 1 aromatic rings. The van der Waals surface area contributed by atoms with Crippen LogP contribution in [0.5, 0.6) is 11.5 Å². The molecule has 2 N–H and O–H groups in total. The van der Waals surface area contributed by atoms with E-state index in [9.17, 15) is 10.2 Å². The Morgan fingerprint density at radius 1 is 1.04 bits per heavy atom. The van der Waals surface area contributed by atoms with Crippen molar-refractivity contribution in [3.05, 3.63) is 59.2 Å². The van der Waals surface area contributed by atoms with E-state index >= 15 is 0 Å². The van der Waals surface area contributed by atoms with E-state index in [0.717, 1.165) is 29.9 Å². The third-order valence-corrected chi connectivity index (χ3v) is 5.22. The zero-order valence-electron chi connectivity index (χ0n) is 16.1. The number of hydrogen-bond donors (Lipinski definition) is 2. The molecule has 2 aliphatic carbocycles. The molecule has 0 radical (unpaired) electrons. The van der Waals surface area contributed by atoms with E-state index < -0.39 is 12.2 Å². The number of ether oxygens (including phenoxy) is 3. The molecule has 0 aliphatic heterocycles. The third kappa shape index (κ3) is 4.80. The second-order valence-electron chi connectivity index (χ2n) is 7.02. The summed E-state index contributed by atoms with van der Waals surface area (Å²) in [4.78, 5) is 0. The Labute approximate surface area is 160 Å². The standard InChI is InChI=1S/C22H28O5/c1-25-20-9-6-14(11-22(20)27-3)4-7-16-13-17(16)19(24)10-15-5-8-18(23)21(12-15)26-2/h5-6,8-9,11-13,17-19,21,23-24H,4,7,10H2,1-3H3. The lowest BCUT2D eigenvalue weighted by Gasteiger charge is -2.22. The predicted octanol–water partition coefficient (Wildman–Crippen LogP) is 2.82. The van der Waals surface area contributed by atoms with E-state index in [2.05, 4.69) is 6.08 Å². The van der Waals surface area contributed by atoms with E-state index in [4.69, 9.17) is 14.2 Å². The van der Waals surface area contributed by atoms with Gasteiger partial charge in [0.2, 0.25) is 0 Å². The van der Waals surface area contributed by atoms with Crippen molar-refractivity contribution in [2.24, 2.45) is 5.92 Å². The van der Waals surface area contributed by atoms with Gasteiger partial charge in [-0.3, -0.25) is 0 Å². The molecule has 2 aliphatic rings. The summed E-state index contributed by atoms with van der Waals surface area (Å²) in [6.45, 7) is 0. The molecule has 4 unspecified atom stereocenters. The van der Waals surface area contributed by atoms with Crippen LogP contribution in [0, 0.1) is 5.92 Å². The number of allylic oxidation sites excluding steroid dienone is 1. The highest BCUT2D eigenvalue weighted by atomic mass is 16.5. The van der Waals surface area contributed by atoms with Gasteiger partial charge in [0.25, 0.3) is 0 Å². The van der Waals surface area contributed by atoms with E-state index in [1.807, 2.05) is 30.4 Å². The molecule has 0 bridgehead atoms. The first kappa shape index (κ1) is 19.7. The fourth-order valence-electron chi connectivity index (χ4n) is 3.52. The fourth-order valence-corrected chi connectivity index (χ4v) is 3.52. The van der Waals surface area contributed by atoms with Crippen LogP contribution in [0.25, 0.3) is 0 Å². The molecule has 0 spiro atoms. The first-order valence-electron chi connectivity index (χ1n) is 9.25. The normalized spacial score (nSPS) is 24.9. The molecule has 0 heterocycles. The molecule has 0 saturated heterocycles. The summed E-state index contributed by atoms with van der Waals surface area (Å²) in [7, 11) is 4.84. The Morgan fingerprint density at radius 3 is 2.52 bits per heavy atom. The fraction of sp³-hybridized carbons (Fsp3) is 0.455. The van der Waals surface area contributed by atoms with E-state index in [1.165, 1.54) is 11.1 Å². The largest absolute Gasteiger partial charge is 0.493 e. The van der Waals surface area contributed by atoms with Gasteiger partial charge >= 0.3 is 0 Å². The summed E-state index contributed by atoms with van der Waals surface area (Å²) in [6.07, 6.45) is 8.60. The Kier molecular flexibility index (Phi) is 6.37. The number of benzene rings is 1. The van der Waals surface area contributed by atoms with Crippen molar-refractivity contribution >= 4 is 0 Å². The molecule has 5 heteroatoms. The number of aliphatic hydroxyl groups excluding tert-OH is 2. The van der Waals surface area contributed by atoms with Gasteiger partial charge in [-0.2, -0.15) is 0 Å². The van der Waals surface area contributed by atoms with Crippen LogP contribution in [0.1, 0.15) is 18.4 Å². The molecule has 146 valence electrons. The minimum atomic E-state index is -0.619. The third-order valence-electron chi connectivity index (χ3n) is 5.22. The van der Waals surface area contributed by atoms with Crippen LogP contribution < -0.4 is 9.47 Å². The van der Waals surface area contributed by atoms with E-state index in [0.29, 0.717) is 6.42 Å². The predicted molar refractivity (Wildman–Crippen MR) is 104 cm³/mol. The van der Waals surface area contributed by atoms with Crippen LogP contribution in [-0.4, -0.2) is 49.9 Å². The van der Waals surface area contributed by atoms with Gasteiger partial charge in [-0.15, -0.1) is 0 Å². The minimum Gasteiger partial charge on any atom is -0.493 e. The molecule has 3 rings (SSSR count). The molecule has 5 nitrogen and oxygen atoms in total. The monoisotopic (exact) mass is 372 g/mol. The van der Waals surface area contributed by atoms with Crippen molar-refractivity contribution in [2.45, 2.75) is 37.6 Å². The van der Waals surface area contributed by atoms with Crippen molar-refractivity contribution in [2.75, 3.05) is 21.3 Å². The summed E-state index contributed by atoms with van der Waals surface area (Å²) in [5.74, 6) is 1.61. The molecular formula is C22H28O5. The Morgan fingerprint density at radius 2 is 1.81 bits per heavy atom. The molecule has 4 atom stereocenters. The zero-order valence-corrected chi connectivity index (χ0v) is 16.1. The average molecular weight is 372 g/mol. The lowest BCUT2D eigenvalue weighted by Crippen LogP contribution is -2.27. The molecule has 0 saturated carbocycles. The van der Waals surface area contributed by atoms with Crippen LogP contribution in [0.3, 0.4) is 0 Å². The molecule has 0 aromatic heterocycles. The smallest absolute Gasteiger partial charge is 0.160 e. The second kappa shape index (κ2) is 8.74. The number of aliphatic hydroxyl groups is 2. The molecule has 0 fully saturated rings. The lowest BCUT2D eigenvalue weighted by atomic mass is 9.95. The van der Waals surface area contributed by atoms with E-state index in [1.54, 1.807) is 27.4 Å². The van der Waals surface area contributed by atoms with Crippen LogP contribution in [-0.2, 0) is 11.2 Å². The van der Waals surface area contributed by atoms with Crippen LogP contribution in [0.4, 0.5) is 0 Å². The van der Waals surface area contributed by atoms with Gasteiger partial charge < -0.3 is 24.4 Å². The Bertz CT molecular complexity index is 749. The molecule has 27 heavy (non-hydrogen) atoms. The summed E-state index contributed by atoms with van der Waals surface area (Å²) in [5, 5.41) is 20.3. The highest BCUT2D eigenvalue weighted by molar-refractivity contribution is 5.43. The van der Waals surface area contributed by atoms with Gasteiger partial charge in [0.05, 0.1) is 20.3 Å². The van der Waals surface area contributed by atoms with Crippen molar-refractivity contribution in [1.29, 1.82) is 0 Å². The number of methoxy groups -OCH3 is 3. The van der Waals surface area contributed by atoms with Crippen LogP contribution in [0.2, 0.25) is 0 Å². The highest BCUT2D eigenvalue weighted by Gasteiger charge is 2.32. The topological polar surface area (TPSA) is 68.2 Å².